The first-order valence-electron chi connectivity index (χ1n) is 7.41. The molecule has 4 bridgehead atoms. The van der Waals surface area contributed by atoms with Gasteiger partial charge in [0.2, 0.25) is 0 Å². The zero-order valence-corrected chi connectivity index (χ0v) is 12.0. The van der Waals surface area contributed by atoms with Crippen LogP contribution in [0, 0.1) is 23.2 Å². The van der Waals surface area contributed by atoms with E-state index in [0.29, 0.717) is 11.1 Å². The third-order valence-corrected chi connectivity index (χ3v) is 6.55. The summed E-state index contributed by atoms with van der Waals surface area (Å²) in [6.45, 7) is 0. The van der Waals surface area contributed by atoms with Crippen LogP contribution in [0.3, 0.4) is 0 Å². The summed E-state index contributed by atoms with van der Waals surface area (Å²) in [4.78, 5) is 8.64. The maximum atomic E-state index is 5.63. The van der Waals surface area contributed by atoms with Crippen LogP contribution in [-0.2, 0) is 0 Å². The molecule has 5 rings (SSSR count). The molecule has 0 atom stereocenters. The minimum Gasteiger partial charge on any atom is -0.396 e. The molecule has 4 aliphatic carbocycles. The van der Waals surface area contributed by atoms with E-state index < -0.39 is 0 Å². The van der Waals surface area contributed by atoms with Gasteiger partial charge in [0, 0.05) is 5.75 Å². The quantitative estimate of drug-likeness (QED) is 0.679. The molecular weight excluding hydrogens is 254 g/mol. The number of hydrogen-bond donors (Lipinski definition) is 1. The lowest BCUT2D eigenvalue weighted by atomic mass is 9.50. The van der Waals surface area contributed by atoms with Crippen molar-refractivity contribution in [2.45, 2.75) is 43.7 Å². The van der Waals surface area contributed by atoms with Crippen molar-refractivity contribution in [2.24, 2.45) is 23.2 Å². The molecule has 4 heteroatoms. The Labute approximate surface area is 118 Å². The molecule has 1 heterocycles. The van der Waals surface area contributed by atoms with E-state index in [4.69, 9.17) is 5.73 Å². The molecule has 0 amide bonds. The van der Waals surface area contributed by atoms with Gasteiger partial charge in [-0.25, -0.2) is 9.97 Å². The molecule has 102 valence electrons. The molecule has 0 radical (unpaired) electrons. The largest absolute Gasteiger partial charge is 0.396 e. The van der Waals surface area contributed by atoms with Gasteiger partial charge in [-0.3, -0.25) is 0 Å². The van der Waals surface area contributed by atoms with Crippen molar-refractivity contribution in [1.29, 1.82) is 0 Å². The van der Waals surface area contributed by atoms with Gasteiger partial charge < -0.3 is 5.73 Å². The summed E-state index contributed by atoms with van der Waals surface area (Å²) >= 11 is 1.84. The van der Waals surface area contributed by atoms with E-state index in [1.54, 1.807) is 12.4 Å². The Morgan fingerprint density at radius 1 is 1.05 bits per heavy atom. The Kier molecular flexibility index (Phi) is 2.76. The van der Waals surface area contributed by atoms with Crippen molar-refractivity contribution < 1.29 is 0 Å². The number of aromatic nitrogens is 2. The number of nitrogens with zero attached hydrogens (tertiary/aromatic N) is 2. The van der Waals surface area contributed by atoms with Crippen molar-refractivity contribution in [2.75, 3.05) is 11.5 Å². The zero-order chi connectivity index (χ0) is 12.9. The summed E-state index contributed by atoms with van der Waals surface area (Å²) in [6.07, 6.45) is 12.4. The molecule has 1 aromatic rings. The van der Waals surface area contributed by atoms with Gasteiger partial charge in [-0.15, -0.1) is 0 Å². The molecular formula is C15H21N3S. The molecule has 0 unspecified atom stereocenters. The van der Waals surface area contributed by atoms with Crippen LogP contribution in [0.4, 0.5) is 5.69 Å². The monoisotopic (exact) mass is 275 g/mol. The fourth-order valence-corrected chi connectivity index (χ4v) is 6.13. The lowest BCUT2D eigenvalue weighted by Crippen LogP contribution is -2.47. The van der Waals surface area contributed by atoms with Crippen molar-refractivity contribution in [1.82, 2.24) is 9.97 Å². The van der Waals surface area contributed by atoms with E-state index >= 15 is 0 Å². The summed E-state index contributed by atoms with van der Waals surface area (Å²) in [5, 5.41) is 0.893. The van der Waals surface area contributed by atoms with Crippen LogP contribution in [0.15, 0.2) is 17.6 Å². The fraction of sp³-hybridized carbons (Fsp3) is 0.733. The van der Waals surface area contributed by atoms with Gasteiger partial charge in [0.25, 0.3) is 0 Å². The normalized spacial score (nSPS) is 39.7. The summed E-state index contributed by atoms with van der Waals surface area (Å²) < 4.78 is 0. The number of nitrogen functional groups attached to an aromatic ring is 1. The molecule has 4 aliphatic rings. The van der Waals surface area contributed by atoms with Crippen LogP contribution in [-0.4, -0.2) is 15.7 Å². The van der Waals surface area contributed by atoms with Crippen molar-refractivity contribution in [3.05, 3.63) is 12.4 Å². The lowest BCUT2D eigenvalue weighted by molar-refractivity contribution is -0.0381. The third kappa shape index (κ3) is 2.24. The third-order valence-electron chi connectivity index (χ3n) is 5.32. The summed E-state index contributed by atoms with van der Waals surface area (Å²) in [5.41, 5.74) is 6.89. The second-order valence-electron chi connectivity index (χ2n) is 7.01. The van der Waals surface area contributed by atoms with Gasteiger partial charge in [0.05, 0.1) is 18.1 Å². The van der Waals surface area contributed by atoms with Crippen molar-refractivity contribution >= 4 is 17.4 Å². The average Bonchev–Trinajstić information content (AvgIpc) is 2.36. The summed E-state index contributed by atoms with van der Waals surface area (Å²) in [7, 11) is 0. The second-order valence-corrected chi connectivity index (χ2v) is 7.95. The van der Waals surface area contributed by atoms with E-state index in [9.17, 15) is 0 Å². The van der Waals surface area contributed by atoms with E-state index in [-0.39, 0.29) is 0 Å². The average molecular weight is 275 g/mol. The van der Waals surface area contributed by atoms with E-state index in [2.05, 4.69) is 9.97 Å². The first-order valence-corrected chi connectivity index (χ1v) is 8.40. The summed E-state index contributed by atoms with van der Waals surface area (Å²) in [6, 6.07) is 0. The highest BCUT2D eigenvalue weighted by molar-refractivity contribution is 7.99. The predicted octanol–water partition coefficient (Wildman–Crippen LogP) is 3.37. The van der Waals surface area contributed by atoms with Gasteiger partial charge in [0.1, 0.15) is 0 Å². The van der Waals surface area contributed by atoms with Crippen LogP contribution in [0.5, 0.6) is 0 Å². The SMILES string of the molecule is Nc1cnc(SCC23CC4CC(CC(C4)C2)C3)nc1. The van der Waals surface area contributed by atoms with Gasteiger partial charge in [-0.2, -0.15) is 0 Å². The molecule has 0 saturated heterocycles. The topological polar surface area (TPSA) is 51.8 Å². The van der Waals surface area contributed by atoms with Gasteiger partial charge in [0.15, 0.2) is 5.16 Å². The Morgan fingerprint density at radius 2 is 1.58 bits per heavy atom. The fourth-order valence-electron chi connectivity index (χ4n) is 5.09. The van der Waals surface area contributed by atoms with E-state index in [1.807, 2.05) is 11.8 Å². The second kappa shape index (κ2) is 4.37. The first kappa shape index (κ1) is 12.0. The highest BCUT2D eigenvalue weighted by atomic mass is 32.2. The van der Waals surface area contributed by atoms with Crippen LogP contribution in [0.25, 0.3) is 0 Å². The predicted molar refractivity (Wildman–Crippen MR) is 77.8 cm³/mol. The maximum absolute atomic E-state index is 5.63. The first-order chi connectivity index (χ1) is 9.21. The standard InChI is InChI=1S/C15H21N3S/c16-13-7-17-14(18-8-13)19-9-15-4-10-1-11(5-15)3-12(2-10)6-15/h7-8,10-12H,1-6,9,16H2. The summed E-state index contributed by atoms with van der Waals surface area (Å²) in [5.74, 6) is 4.29. The molecule has 4 fully saturated rings. The number of nitrogens with two attached hydrogens (primary N) is 1. The molecule has 1 aromatic heterocycles. The number of anilines is 1. The van der Waals surface area contributed by atoms with Gasteiger partial charge >= 0.3 is 0 Å². The number of hydrogen-bond acceptors (Lipinski definition) is 4. The molecule has 0 aromatic carbocycles. The molecule has 19 heavy (non-hydrogen) atoms. The minimum atomic E-state index is 0.601. The Morgan fingerprint density at radius 3 is 2.11 bits per heavy atom. The Balaban J connectivity index is 1.46. The van der Waals surface area contributed by atoms with E-state index in [0.717, 1.165) is 22.9 Å². The van der Waals surface area contributed by atoms with Crippen LogP contribution < -0.4 is 5.73 Å². The highest BCUT2D eigenvalue weighted by Crippen LogP contribution is 2.61. The van der Waals surface area contributed by atoms with Crippen LogP contribution in [0.2, 0.25) is 0 Å². The molecule has 0 spiro atoms. The number of rotatable bonds is 3. The Hall–Kier alpha value is -0.770. The minimum absolute atomic E-state index is 0.601. The molecule has 4 saturated carbocycles. The molecule has 2 N–H and O–H groups in total. The van der Waals surface area contributed by atoms with Crippen LogP contribution >= 0.6 is 11.8 Å². The van der Waals surface area contributed by atoms with Crippen LogP contribution in [0.1, 0.15) is 38.5 Å². The highest BCUT2D eigenvalue weighted by Gasteiger charge is 2.50. The lowest BCUT2D eigenvalue weighted by Gasteiger charge is -2.56. The zero-order valence-electron chi connectivity index (χ0n) is 11.2. The Bertz CT molecular complexity index is 435. The van der Waals surface area contributed by atoms with Crippen molar-refractivity contribution in [3.8, 4) is 0 Å². The van der Waals surface area contributed by atoms with Gasteiger partial charge in [-0.1, -0.05) is 11.8 Å². The maximum Gasteiger partial charge on any atom is 0.187 e. The number of thioether (sulfide) groups is 1. The smallest absolute Gasteiger partial charge is 0.187 e. The molecule has 3 nitrogen and oxygen atoms in total. The van der Waals surface area contributed by atoms with E-state index in [1.165, 1.54) is 44.3 Å². The van der Waals surface area contributed by atoms with Gasteiger partial charge in [-0.05, 0) is 61.7 Å². The van der Waals surface area contributed by atoms with Crippen molar-refractivity contribution in [3.63, 3.8) is 0 Å². The molecule has 0 aliphatic heterocycles.